The molecule has 2 aromatic rings. The van der Waals surface area contributed by atoms with Gasteiger partial charge in [-0.2, -0.15) is 0 Å². The van der Waals surface area contributed by atoms with E-state index in [1.807, 2.05) is 45.0 Å². The van der Waals surface area contributed by atoms with Crippen molar-refractivity contribution in [3.63, 3.8) is 0 Å². The number of carbonyl (C=O) groups is 3. The van der Waals surface area contributed by atoms with Gasteiger partial charge < -0.3 is 19.9 Å². The molecule has 2 aromatic carbocycles. The lowest BCUT2D eigenvalue weighted by molar-refractivity contribution is -0.133. The van der Waals surface area contributed by atoms with Crippen molar-refractivity contribution in [2.75, 3.05) is 67.9 Å². The molecule has 0 aliphatic carbocycles. The highest BCUT2D eigenvalue weighted by Crippen LogP contribution is 2.24. The van der Waals surface area contributed by atoms with Crippen molar-refractivity contribution < 1.29 is 19.1 Å². The summed E-state index contributed by atoms with van der Waals surface area (Å²) in [6.45, 7) is 14.3. The number of likely N-dealkylation sites (tertiary alicyclic amines) is 1. The SMILES string of the molecule is CC(C)(C)OC(=O)Nc1ccc(CCN2CCC(CN3CCN(c4ccc(NC5CCC(=O)NC5=O)cc4)CC3)CC2)cc1. The highest BCUT2D eigenvalue weighted by Gasteiger charge is 2.27. The Bertz CT molecular complexity index is 1260. The number of nitrogens with one attached hydrogen (secondary N) is 3. The number of amides is 3. The van der Waals surface area contributed by atoms with E-state index in [0.29, 0.717) is 12.8 Å². The lowest BCUT2D eigenvalue weighted by Crippen LogP contribution is -2.49. The minimum Gasteiger partial charge on any atom is -0.444 e. The van der Waals surface area contributed by atoms with Crippen LogP contribution in [0.1, 0.15) is 52.0 Å². The van der Waals surface area contributed by atoms with Crippen LogP contribution in [-0.4, -0.2) is 91.7 Å². The lowest BCUT2D eigenvalue weighted by atomic mass is 9.95. The standard InChI is InChI=1S/C34H48N6O4/c1-34(2,3)44-33(43)36-28-6-4-25(5-7-28)14-17-38-18-15-26(16-19-38)24-39-20-22-40(23-21-39)29-10-8-27(9-11-29)35-30-12-13-31(41)37-32(30)42/h4-11,26,30,35H,12-24H2,1-3H3,(H,36,43)(H,37,41,42). The topological polar surface area (TPSA) is 106 Å². The van der Waals surface area contributed by atoms with Crippen molar-refractivity contribution in [2.45, 2.75) is 64.5 Å². The molecule has 44 heavy (non-hydrogen) atoms. The molecular weight excluding hydrogens is 556 g/mol. The Morgan fingerprint density at radius 2 is 1.52 bits per heavy atom. The first-order valence-corrected chi connectivity index (χ1v) is 16.1. The van der Waals surface area contributed by atoms with Crippen LogP contribution in [0.15, 0.2) is 48.5 Å². The largest absolute Gasteiger partial charge is 0.444 e. The zero-order valence-corrected chi connectivity index (χ0v) is 26.4. The molecule has 10 heteroatoms. The Morgan fingerprint density at radius 3 is 2.16 bits per heavy atom. The van der Waals surface area contributed by atoms with Crippen LogP contribution < -0.4 is 20.9 Å². The number of piperidine rings is 2. The number of imide groups is 1. The molecule has 238 valence electrons. The second-order valence-corrected chi connectivity index (χ2v) is 13.3. The predicted molar refractivity (Wildman–Crippen MR) is 174 cm³/mol. The van der Waals surface area contributed by atoms with Gasteiger partial charge in [0.05, 0.1) is 0 Å². The van der Waals surface area contributed by atoms with Gasteiger partial charge in [0.25, 0.3) is 0 Å². The number of benzene rings is 2. The third-order valence-corrected chi connectivity index (χ3v) is 8.72. The van der Waals surface area contributed by atoms with E-state index in [4.69, 9.17) is 4.74 Å². The highest BCUT2D eigenvalue weighted by molar-refractivity contribution is 6.01. The van der Waals surface area contributed by atoms with Crippen molar-refractivity contribution in [1.82, 2.24) is 15.1 Å². The summed E-state index contributed by atoms with van der Waals surface area (Å²) in [5.41, 5.74) is 3.63. The lowest BCUT2D eigenvalue weighted by Gasteiger charge is -2.39. The zero-order valence-electron chi connectivity index (χ0n) is 26.4. The zero-order chi connectivity index (χ0) is 31.1. The van der Waals surface area contributed by atoms with Gasteiger partial charge in [-0.15, -0.1) is 0 Å². The number of hydrogen-bond donors (Lipinski definition) is 3. The molecule has 0 radical (unpaired) electrons. The normalized spacial score (nSPS) is 20.7. The fourth-order valence-electron chi connectivity index (χ4n) is 6.21. The van der Waals surface area contributed by atoms with Crippen molar-refractivity contribution in [2.24, 2.45) is 5.92 Å². The van der Waals surface area contributed by atoms with Crippen LogP contribution >= 0.6 is 0 Å². The minimum atomic E-state index is -0.511. The summed E-state index contributed by atoms with van der Waals surface area (Å²) in [6, 6.07) is 16.0. The number of carbonyl (C=O) groups excluding carboxylic acids is 3. The van der Waals surface area contributed by atoms with Crippen LogP contribution in [-0.2, 0) is 20.7 Å². The van der Waals surface area contributed by atoms with Gasteiger partial charge in [-0.1, -0.05) is 12.1 Å². The quantitative estimate of drug-likeness (QED) is 0.364. The summed E-state index contributed by atoms with van der Waals surface area (Å²) < 4.78 is 5.33. The van der Waals surface area contributed by atoms with Gasteiger partial charge in [0.15, 0.2) is 0 Å². The highest BCUT2D eigenvalue weighted by atomic mass is 16.6. The van der Waals surface area contributed by atoms with E-state index >= 15 is 0 Å². The fraction of sp³-hybridized carbons (Fsp3) is 0.559. The molecule has 3 heterocycles. The number of anilines is 3. The van der Waals surface area contributed by atoms with E-state index in [2.05, 4.69) is 54.9 Å². The summed E-state index contributed by atoms with van der Waals surface area (Å²) in [6.07, 6.45) is 3.98. The Kier molecular flexibility index (Phi) is 10.4. The molecule has 3 fully saturated rings. The molecule has 10 nitrogen and oxygen atoms in total. The molecule has 3 N–H and O–H groups in total. The molecule has 0 saturated carbocycles. The minimum absolute atomic E-state index is 0.195. The van der Waals surface area contributed by atoms with Gasteiger partial charge in [-0.25, -0.2) is 4.79 Å². The van der Waals surface area contributed by atoms with Crippen LogP contribution in [0, 0.1) is 5.92 Å². The van der Waals surface area contributed by atoms with Gasteiger partial charge in [-0.05, 0) is 107 Å². The van der Waals surface area contributed by atoms with Crippen LogP contribution in [0.3, 0.4) is 0 Å². The van der Waals surface area contributed by atoms with E-state index in [0.717, 1.165) is 69.5 Å². The molecule has 0 bridgehead atoms. The van der Waals surface area contributed by atoms with Crippen molar-refractivity contribution >= 4 is 35.0 Å². The predicted octanol–water partition coefficient (Wildman–Crippen LogP) is 4.33. The average Bonchev–Trinajstić information content (AvgIpc) is 2.99. The average molecular weight is 605 g/mol. The van der Waals surface area contributed by atoms with Gasteiger partial charge in [0.2, 0.25) is 11.8 Å². The van der Waals surface area contributed by atoms with Crippen LogP contribution in [0.2, 0.25) is 0 Å². The maximum atomic E-state index is 12.0. The molecule has 3 aliphatic heterocycles. The Hall–Kier alpha value is -3.63. The third kappa shape index (κ3) is 9.43. The monoisotopic (exact) mass is 604 g/mol. The number of rotatable bonds is 9. The molecular formula is C34H48N6O4. The maximum Gasteiger partial charge on any atom is 0.412 e. The Balaban J connectivity index is 0.967. The number of nitrogens with zero attached hydrogens (tertiary/aromatic N) is 3. The first kappa shape index (κ1) is 31.8. The summed E-state index contributed by atoms with van der Waals surface area (Å²) >= 11 is 0. The van der Waals surface area contributed by atoms with Crippen LogP contribution in [0.25, 0.3) is 0 Å². The molecule has 0 aromatic heterocycles. The van der Waals surface area contributed by atoms with E-state index < -0.39 is 11.7 Å². The smallest absolute Gasteiger partial charge is 0.412 e. The van der Waals surface area contributed by atoms with Gasteiger partial charge in [-0.3, -0.25) is 25.1 Å². The van der Waals surface area contributed by atoms with Crippen molar-refractivity contribution in [1.29, 1.82) is 0 Å². The number of hydrogen-bond acceptors (Lipinski definition) is 8. The van der Waals surface area contributed by atoms with Gasteiger partial charge in [0, 0.05) is 62.8 Å². The van der Waals surface area contributed by atoms with Gasteiger partial charge >= 0.3 is 6.09 Å². The second kappa shape index (κ2) is 14.4. The number of piperazine rings is 1. The maximum absolute atomic E-state index is 12.0. The third-order valence-electron chi connectivity index (χ3n) is 8.72. The first-order chi connectivity index (χ1) is 21.1. The molecule has 1 unspecified atom stereocenters. The van der Waals surface area contributed by atoms with Crippen LogP contribution in [0.5, 0.6) is 0 Å². The van der Waals surface area contributed by atoms with E-state index in [9.17, 15) is 14.4 Å². The number of ether oxygens (including phenoxy) is 1. The van der Waals surface area contributed by atoms with Gasteiger partial charge in [0.1, 0.15) is 11.6 Å². The summed E-state index contributed by atoms with van der Waals surface area (Å²) in [5.74, 6) is 0.318. The molecule has 3 saturated heterocycles. The molecule has 5 rings (SSSR count). The Labute approximate surface area is 261 Å². The summed E-state index contributed by atoms with van der Waals surface area (Å²) in [4.78, 5) is 43.0. The molecule has 1 atom stereocenters. The first-order valence-electron chi connectivity index (χ1n) is 16.1. The molecule has 3 aliphatic rings. The Morgan fingerprint density at radius 1 is 0.864 bits per heavy atom. The van der Waals surface area contributed by atoms with Crippen molar-refractivity contribution in [3.05, 3.63) is 54.1 Å². The van der Waals surface area contributed by atoms with Crippen molar-refractivity contribution in [3.8, 4) is 0 Å². The molecule has 3 amide bonds. The van der Waals surface area contributed by atoms with E-state index in [1.165, 1.54) is 30.6 Å². The van der Waals surface area contributed by atoms with E-state index in [-0.39, 0.29) is 17.9 Å². The molecule has 0 spiro atoms. The fourth-order valence-corrected chi connectivity index (χ4v) is 6.21. The van der Waals surface area contributed by atoms with Crippen LogP contribution in [0.4, 0.5) is 21.9 Å². The second-order valence-electron chi connectivity index (χ2n) is 13.3. The summed E-state index contributed by atoms with van der Waals surface area (Å²) in [5, 5.41) is 8.45. The van der Waals surface area contributed by atoms with E-state index in [1.54, 1.807) is 0 Å². The summed E-state index contributed by atoms with van der Waals surface area (Å²) in [7, 11) is 0.